The van der Waals surface area contributed by atoms with Crippen molar-refractivity contribution < 1.29 is 14.3 Å². The zero-order valence-electron chi connectivity index (χ0n) is 13.9. The number of rotatable bonds is 9. The van der Waals surface area contributed by atoms with Gasteiger partial charge in [0, 0.05) is 6.04 Å². The second kappa shape index (κ2) is 6.90. The lowest BCUT2D eigenvalue weighted by molar-refractivity contribution is -0.159. The highest BCUT2D eigenvalue weighted by Crippen LogP contribution is 2.41. The molecule has 0 aromatic rings. The van der Waals surface area contributed by atoms with Crippen LogP contribution in [0.5, 0.6) is 0 Å². The van der Waals surface area contributed by atoms with Gasteiger partial charge in [-0.15, -0.1) is 0 Å². The summed E-state index contributed by atoms with van der Waals surface area (Å²) in [7, 11) is 0. The predicted octanol–water partition coefficient (Wildman–Crippen LogP) is 2.90. The van der Waals surface area contributed by atoms with E-state index in [0.717, 1.165) is 19.3 Å². The highest BCUT2D eigenvalue weighted by molar-refractivity contribution is 5.82. The van der Waals surface area contributed by atoms with E-state index in [1.165, 1.54) is 0 Å². The van der Waals surface area contributed by atoms with Gasteiger partial charge in [-0.2, -0.15) is 0 Å². The van der Waals surface area contributed by atoms with E-state index in [2.05, 4.69) is 39.9 Å². The second-order valence-electron chi connectivity index (χ2n) is 6.67. The molecule has 0 bridgehead atoms. The molecule has 1 aliphatic carbocycles. The largest absolute Gasteiger partial charge is 0.465 e. The van der Waals surface area contributed by atoms with Gasteiger partial charge in [-0.25, -0.2) is 4.79 Å². The minimum absolute atomic E-state index is 0.164. The molecule has 0 saturated heterocycles. The molecule has 0 amide bonds. The van der Waals surface area contributed by atoms with Crippen molar-refractivity contribution in [1.29, 1.82) is 0 Å². The number of ether oxygens (including phenoxy) is 2. The average Bonchev–Trinajstić information content (AvgIpc) is 3.19. The number of carbonyl (C=O) groups excluding carboxylic acids is 1. The second-order valence-corrected chi connectivity index (χ2v) is 6.67. The minimum Gasteiger partial charge on any atom is -0.465 e. The molecule has 1 rings (SSSR count). The van der Waals surface area contributed by atoms with Gasteiger partial charge in [0.1, 0.15) is 5.54 Å². The molecule has 1 saturated carbocycles. The standard InChI is InChI=1S/C16H31NO3/c1-7-15(5,6)20-11-16(13-9-10-13,17-12(3)4)14(18)19-8-2/h12-13,17H,7-11H2,1-6H3. The Hall–Kier alpha value is -0.610. The molecule has 0 heterocycles. The van der Waals surface area contributed by atoms with Gasteiger partial charge in [-0.1, -0.05) is 6.92 Å². The third-order valence-corrected chi connectivity index (χ3v) is 4.00. The summed E-state index contributed by atoms with van der Waals surface area (Å²) in [5.41, 5.74) is -0.901. The van der Waals surface area contributed by atoms with Gasteiger partial charge in [0.2, 0.25) is 0 Å². The van der Waals surface area contributed by atoms with Crippen LogP contribution in [0.15, 0.2) is 0 Å². The summed E-state index contributed by atoms with van der Waals surface area (Å²) < 4.78 is 11.4. The van der Waals surface area contributed by atoms with Crippen LogP contribution in [0.2, 0.25) is 0 Å². The van der Waals surface area contributed by atoms with Crippen LogP contribution >= 0.6 is 0 Å². The van der Waals surface area contributed by atoms with Gasteiger partial charge >= 0.3 is 5.97 Å². The zero-order valence-corrected chi connectivity index (χ0v) is 13.9. The highest BCUT2D eigenvalue weighted by atomic mass is 16.5. The summed E-state index contributed by atoms with van der Waals surface area (Å²) in [5, 5.41) is 3.44. The minimum atomic E-state index is -0.684. The van der Waals surface area contributed by atoms with Gasteiger partial charge in [0.05, 0.1) is 18.8 Å². The average molecular weight is 285 g/mol. The zero-order chi connectivity index (χ0) is 15.4. The highest BCUT2D eigenvalue weighted by Gasteiger charge is 2.53. The quantitative estimate of drug-likeness (QED) is 0.662. The third kappa shape index (κ3) is 4.45. The topological polar surface area (TPSA) is 47.6 Å². The van der Waals surface area contributed by atoms with Crippen LogP contribution in [-0.2, 0) is 14.3 Å². The smallest absolute Gasteiger partial charge is 0.329 e. The summed E-state index contributed by atoms with van der Waals surface area (Å²) in [4.78, 5) is 12.5. The first-order chi connectivity index (χ1) is 9.27. The van der Waals surface area contributed by atoms with Crippen molar-refractivity contribution >= 4 is 5.97 Å². The molecule has 1 aliphatic rings. The molecule has 20 heavy (non-hydrogen) atoms. The van der Waals surface area contributed by atoms with E-state index in [1.807, 2.05) is 6.92 Å². The van der Waals surface area contributed by atoms with Crippen LogP contribution in [0.1, 0.15) is 60.8 Å². The van der Waals surface area contributed by atoms with Crippen molar-refractivity contribution in [1.82, 2.24) is 5.32 Å². The molecule has 1 atom stereocenters. The molecule has 0 aliphatic heterocycles. The Morgan fingerprint density at radius 2 is 1.90 bits per heavy atom. The Morgan fingerprint density at radius 3 is 2.30 bits per heavy atom. The summed E-state index contributed by atoms with van der Waals surface area (Å²) in [6.45, 7) is 13.0. The maximum Gasteiger partial charge on any atom is 0.329 e. The van der Waals surface area contributed by atoms with Crippen molar-refractivity contribution in [2.45, 2.75) is 78.0 Å². The van der Waals surface area contributed by atoms with Crippen LogP contribution in [-0.4, -0.2) is 36.4 Å². The molecule has 0 spiro atoms. The Balaban J connectivity index is 2.88. The maximum absolute atomic E-state index is 12.5. The molecular formula is C16H31NO3. The lowest BCUT2D eigenvalue weighted by atomic mass is 9.92. The summed E-state index contributed by atoms with van der Waals surface area (Å²) >= 11 is 0. The van der Waals surface area contributed by atoms with E-state index < -0.39 is 5.54 Å². The molecule has 1 fully saturated rings. The van der Waals surface area contributed by atoms with E-state index in [1.54, 1.807) is 0 Å². The van der Waals surface area contributed by atoms with Crippen LogP contribution < -0.4 is 5.32 Å². The SMILES string of the molecule is CCOC(=O)C(COC(C)(C)CC)(NC(C)C)C1CC1. The van der Waals surface area contributed by atoms with Gasteiger partial charge in [-0.05, 0) is 59.8 Å². The van der Waals surface area contributed by atoms with Crippen molar-refractivity contribution in [3.63, 3.8) is 0 Å². The molecular weight excluding hydrogens is 254 g/mol. The number of nitrogens with one attached hydrogen (secondary N) is 1. The normalized spacial score (nSPS) is 18.9. The molecule has 0 radical (unpaired) electrons. The van der Waals surface area contributed by atoms with E-state index in [-0.39, 0.29) is 17.6 Å². The molecule has 0 aromatic heterocycles. The molecule has 4 nitrogen and oxygen atoms in total. The molecule has 1 unspecified atom stereocenters. The van der Waals surface area contributed by atoms with Crippen molar-refractivity contribution in [3.05, 3.63) is 0 Å². The predicted molar refractivity (Wildman–Crippen MR) is 80.7 cm³/mol. The molecule has 1 N–H and O–H groups in total. The number of carbonyl (C=O) groups is 1. The molecule has 0 aromatic carbocycles. The summed E-state index contributed by atoms with van der Waals surface area (Å²) in [6, 6.07) is 0.216. The number of hydrogen-bond acceptors (Lipinski definition) is 4. The van der Waals surface area contributed by atoms with Gasteiger partial charge in [0.25, 0.3) is 0 Å². The fraction of sp³-hybridized carbons (Fsp3) is 0.938. The third-order valence-electron chi connectivity index (χ3n) is 4.00. The first kappa shape index (κ1) is 17.4. The summed E-state index contributed by atoms with van der Waals surface area (Å²) in [5.74, 6) is 0.166. The molecule has 118 valence electrons. The van der Waals surface area contributed by atoms with E-state index >= 15 is 0 Å². The fourth-order valence-corrected chi connectivity index (χ4v) is 2.32. The van der Waals surface area contributed by atoms with E-state index in [9.17, 15) is 4.79 Å². The van der Waals surface area contributed by atoms with Crippen LogP contribution in [0.3, 0.4) is 0 Å². The fourth-order valence-electron chi connectivity index (χ4n) is 2.32. The Bertz CT molecular complexity index is 324. The van der Waals surface area contributed by atoms with Crippen LogP contribution in [0, 0.1) is 5.92 Å². The van der Waals surface area contributed by atoms with E-state index in [4.69, 9.17) is 9.47 Å². The van der Waals surface area contributed by atoms with Crippen molar-refractivity contribution in [2.75, 3.05) is 13.2 Å². The molecule has 4 heteroatoms. The van der Waals surface area contributed by atoms with Crippen LogP contribution in [0.4, 0.5) is 0 Å². The first-order valence-electron chi connectivity index (χ1n) is 7.86. The van der Waals surface area contributed by atoms with E-state index in [0.29, 0.717) is 19.1 Å². The van der Waals surface area contributed by atoms with Crippen LogP contribution in [0.25, 0.3) is 0 Å². The monoisotopic (exact) mass is 285 g/mol. The Kier molecular flexibility index (Phi) is 6.02. The maximum atomic E-state index is 12.5. The lowest BCUT2D eigenvalue weighted by Gasteiger charge is -2.37. The van der Waals surface area contributed by atoms with Crippen molar-refractivity contribution in [2.24, 2.45) is 5.92 Å². The van der Waals surface area contributed by atoms with Gasteiger partial charge in [0.15, 0.2) is 0 Å². The number of hydrogen-bond donors (Lipinski definition) is 1. The lowest BCUT2D eigenvalue weighted by Crippen LogP contribution is -2.61. The Morgan fingerprint density at radius 1 is 1.30 bits per heavy atom. The first-order valence-corrected chi connectivity index (χ1v) is 7.86. The van der Waals surface area contributed by atoms with Crippen molar-refractivity contribution in [3.8, 4) is 0 Å². The Labute approximate surface area is 123 Å². The summed E-state index contributed by atoms with van der Waals surface area (Å²) in [6.07, 6.45) is 3.04. The van der Waals surface area contributed by atoms with Gasteiger partial charge in [-0.3, -0.25) is 5.32 Å². The van der Waals surface area contributed by atoms with Gasteiger partial charge < -0.3 is 9.47 Å². The number of esters is 1.